The number of nitrogens with one attached hydrogen (secondary N) is 1. The molecule has 0 radical (unpaired) electrons. The monoisotopic (exact) mass is 269 g/mol. The van der Waals surface area contributed by atoms with Crippen LogP contribution < -0.4 is 5.32 Å². The van der Waals surface area contributed by atoms with Gasteiger partial charge in [-0.15, -0.1) is 0 Å². The highest BCUT2D eigenvalue weighted by molar-refractivity contribution is 5.43. The fourth-order valence-electron chi connectivity index (χ4n) is 1.94. The van der Waals surface area contributed by atoms with Crippen LogP contribution in [0.5, 0.6) is 0 Å². The van der Waals surface area contributed by atoms with Crippen LogP contribution >= 0.6 is 0 Å². The van der Waals surface area contributed by atoms with Crippen LogP contribution in [0.25, 0.3) is 5.82 Å². The lowest BCUT2D eigenvalue weighted by molar-refractivity contribution is 0.627. The second-order valence-electron chi connectivity index (χ2n) is 4.24. The molecule has 0 amide bonds. The maximum Gasteiger partial charge on any atom is 0.155 e. The second kappa shape index (κ2) is 5.52. The molecule has 3 aromatic heterocycles. The van der Waals surface area contributed by atoms with Crippen molar-refractivity contribution in [1.29, 1.82) is 0 Å². The summed E-state index contributed by atoms with van der Waals surface area (Å²) in [5.74, 6) is 0.742. The smallest absolute Gasteiger partial charge is 0.155 e. The molecular formula is C13H15N7. The molecule has 0 unspecified atom stereocenters. The average molecular weight is 269 g/mol. The Morgan fingerprint density at radius 2 is 2.15 bits per heavy atom. The van der Waals surface area contributed by atoms with Crippen molar-refractivity contribution < 1.29 is 0 Å². The van der Waals surface area contributed by atoms with Crippen LogP contribution in [0.3, 0.4) is 0 Å². The van der Waals surface area contributed by atoms with Gasteiger partial charge in [-0.2, -0.15) is 10.2 Å². The zero-order chi connectivity index (χ0) is 13.8. The quantitative estimate of drug-likeness (QED) is 0.759. The van der Waals surface area contributed by atoms with E-state index in [4.69, 9.17) is 0 Å². The van der Waals surface area contributed by atoms with E-state index in [-0.39, 0.29) is 0 Å². The first kappa shape index (κ1) is 12.3. The van der Waals surface area contributed by atoms with E-state index in [0.29, 0.717) is 0 Å². The molecule has 3 heterocycles. The maximum absolute atomic E-state index is 4.34. The van der Waals surface area contributed by atoms with Gasteiger partial charge in [-0.3, -0.25) is 4.68 Å². The van der Waals surface area contributed by atoms with Crippen molar-refractivity contribution in [1.82, 2.24) is 29.5 Å². The van der Waals surface area contributed by atoms with Crippen LogP contribution in [0.1, 0.15) is 12.6 Å². The van der Waals surface area contributed by atoms with Crippen molar-refractivity contribution in [3.63, 3.8) is 0 Å². The standard InChI is InChI=1S/C13H15N7/c1-2-19-12(5-6-17-19)8-15-11-3-4-13(16-7-11)20-10-14-9-18-20/h3-7,9-10,15H,2,8H2,1H3. The fraction of sp³-hybridized carbons (Fsp3) is 0.231. The molecule has 0 aliphatic heterocycles. The summed E-state index contributed by atoms with van der Waals surface area (Å²) >= 11 is 0. The summed E-state index contributed by atoms with van der Waals surface area (Å²) in [6.07, 6.45) is 6.70. The van der Waals surface area contributed by atoms with Gasteiger partial charge in [0, 0.05) is 12.7 Å². The molecule has 0 atom stereocenters. The number of nitrogens with zero attached hydrogens (tertiary/aromatic N) is 6. The molecule has 102 valence electrons. The Labute approximate surface area is 116 Å². The van der Waals surface area contributed by atoms with Gasteiger partial charge in [-0.1, -0.05) is 0 Å². The number of aromatic nitrogens is 6. The third kappa shape index (κ3) is 2.51. The van der Waals surface area contributed by atoms with E-state index in [9.17, 15) is 0 Å². The number of aryl methyl sites for hydroxylation is 1. The Hall–Kier alpha value is -2.70. The van der Waals surface area contributed by atoms with Crippen molar-refractivity contribution in [3.8, 4) is 5.82 Å². The Kier molecular flexibility index (Phi) is 3.40. The summed E-state index contributed by atoms with van der Waals surface area (Å²) in [4.78, 5) is 8.24. The molecule has 0 saturated carbocycles. The number of anilines is 1. The zero-order valence-electron chi connectivity index (χ0n) is 11.1. The number of hydrogen-bond donors (Lipinski definition) is 1. The number of hydrogen-bond acceptors (Lipinski definition) is 5. The molecule has 7 heteroatoms. The highest BCUT2D eigenvalue weighted by Gasteiger charge is 2.02. The van der Waals surface area contributed by atoms with E-state index < -0.39 is 0 Å². The van der Waals surface area contributed by atoms with Gasteiger partial charge >= 0.3 is 0 Å². The summed E-state index contributed by atoms with van der Waals surface area (Å²) < 4.78 is 3.58. The fourth-order valence-corrected chi connectivity index (χ4v) is 1.94. The molecule has 0 saturated heterocycles. The number of pyridine rings is 1. The van der Waals surface area contributed by atoms with Crippen LogP contribution in [0.15, 0.2) is 43.2 Å². The van der Waals surface area contributed by atoms with Gasteiger partial charge in [0.25, 0.3) is 0 Å². The molecule has 0 aromatic carbocycles. The molecule has 0 aliphatic carbocycles. The van der Waals surface area contributed by atoms with Crippen LogP contribution in [0, 0.1) is 0 Å². The van der Waals surface area contributed by atoms with Crippen LogP contribution in [-0.2, 0) is 13.1 Å². The van der Waals surface area contributed by atoms with Gasteiger partial charge in [0.1, 0.15) is 12.7 Å². The first-order valence-corrected chi connectivity index (χ1v) is 6.42. The minimum atomic E-state index is 0.720. The molecular weight excluding hydrogens is 254 g/mol. The first-order chi connectivity index (χ1) is 9.86. The summed E-state index contributed by atoms with van der Waals surface area (Å²) in [6.45, 7) is 3.66. The molecule has 0 bridgehead atoms. The molecule has 3 rings (SSSR count). The molecule has 0 aliphatic rings. The Balaban J connectivity index is 1.67. The third-order valence-electron chi connectivity index (χ3n) is 2.98. The average Bonchev–Trinajstić information content (AvgIpc) is 3.16. The molecule has 0 spiro atoms. The lowest BCUT2D eigenvalue weighted by Crippen LogP contribution is -2.08. The third-order valence-corrected chi connectivity index (χ3v) is 2.98. The van der Waals surface area contributed by atoms with Crippen molar-refractivity contribution in [2.75, 3.05) is 5.32 Å². The molecule has 7 nitrogen and oxygen atoms in total. The van der Waals surface area contributed by atoms with E-state index in [0.717, 1.165) is 30.3 Å². The van der Waals surface area contributed by atoms with E-state index in [2.05, 4.69) is 32.4 Å². The Morgan fingerprint density at radius 3 is 2.85 bits per heavy atom. The van der Waals surface area contributed by atoms with E-state index in [1.165, 1.54) is 6.33 Å². The number of rotatable bonds is 5. The topological polar surface area (TPSA) is 73.5 Å². The predicted octanol–water partition coefficient (Wildman–Crippen LogP) is 1.49. The largest absolute Gasteiger partial charge is 0.378 e. The van der Waals surface area contributed by atoms with Crippen molar-refractivity contribution in [2.24, 2.45) is 0 Å². The zero-order valence-corrected chi connectivity index (χ0v) is 11.1. The lowest BCUT2D eigenvalue weighted by atomic mass is 10.3. The van der Waals surface area contributed by atoms with Crippen molar-refractivity contribution >= 4 is 5.69 Å². The van der Waals surface area contributed by atoms with Gasteiger partial charge in [0.2, 0.25) is 0 Å². The Morgan fingerprint density at radius 1 is 1.20 bits per heavy atom. The van der Waals surface area contributed by atoms with Gasteiger partial charge in [-0.25, -0.2) is 14.6 Å². The highest BCUT2D eigenvalue weighted by atomic mass is 15.3. The van der Waals surface area contributed by atoms with Crippen LogP contribution in [0.4, 0.5) is 5.69 Å². The predicted molar refractivity (Wildman–Crippen MR) is 74.4 cm³/mol. The van der Waals surface area contributed by atoms with Gasteiger partial charge in [0.15, 0.2) is 5.82 Å². The SMILES string of the molecule is CCn1nccc1CNc1ccc(-n2cncn2)nc1. The summed E-state index contributed by atoms with van der Waals surface area (Å²) in [5.41, 5.74) is 2.10. The minimum Gasteiger partial charge on any atom is -0.378 e. The summed E-state index contributed by atoms with van der Waals surface area (Å²) in [7, 11) is 0. The van der Waals surface area contributed by atoms with Crippen LogP contribution in [-0.4, -0.2) is 29.5 Å². The highest BCUT2D eigenvalue weighted by Crippen LogP contribution is 2.10. The second-order valence-corrected chi connectivity index (χ2v) is 4.24. The lowest BCUT2D eigenvalue weighted by Gasteiger charge is -2.08. The van der Waals surface area contributed by atoms with E-state index in [1.54, 1.807) is 17.2 Å². The molecule has 20 heavy (non-hydrogen) atoms. The summed E-state index contributed by atoms with van der Waals surface area (Å²) in [6, 6.07) is 5.87. The van der Waals surface area contributed by atoms with Crippen molar-refractivity contribution in [3.05, 3.63) is 48.9 Å². The molecule has 3 aromatic rings. The van der Waals surface area contributed by atoms with Gasteiger partial charge in [0.05, 0.1) is 24.1 Å². The first-order valence-electron chi connectivity index (χ1n) is 6.42. The minimum absolute atomic E-state index is 0.720. The Bertz CT molecular complexity index is 654. The van der Waals surface area contributed by atoms with Gasteiger partial charge < -0.3 is 5.32 Å². The van der Waals surface area contributed by atoms with Crippen LogP contribution in [0.2, 0.25) is 0 Å². The van der Waals surface area contributed by atoms with E-state index >= 15 is 0 Å². The van der Waals surface area contributed by atoms with Gasteiger partial charge in [-0.05, 0) is 25.1 Å². The maximum atomic E-state index is 4.34. The van der Waals surface area contributed by atoms with Crippen molar-refractivity contribution in [2.45, 2.75) is 20.0 Å². The summed E-state index contributed by atoms with van der Waals surface area (Å²) in [5, 5.41) is 11.6. The molecule has 1 N–H and O–H groups in total. The molecule has 0 fully saturated rings. The van der Waals surface area contributed by atoms with E-state index in [1.807, 2.05) is 29.1 Å². The normalized spacial score (nSPS) is 10.7.